The number of hydrogen-bond donors (Lipinski definition) is 3. The molecule has 4 nitrogen and oxygen atoms in total. The van der Waals surface area contributed by atoms with Gasteiger partial charge in [-0.3, -0.25) is 4.79 Å². The smallest absolute Gasteiger partial charge is 0.303 e. The largest absolute Gasteiger partial charge is 0.481 e. The number of unbranched alkanes of at least 4 members (excludes halogenated alkanes) is 1. The SMILES string of the molecule is C.CC1(C)[C@H]2CC(NCC(O)Cc3ccccc3)[C@@H](C/C=C\CCCC(=O)O)[C@@H]1C2. The first kappa shape index (κ1) is 24.6. The number of aliphatic carboxylic acids is 1. The normalized spacial score (nSPS) is 27.8. The van der Waals surface area contributed by atoms with E-state index >= 15 is 0 Å². The number of rotatable bonds is 11. The molecule has 0 amide bonds. The summed E-state index contributed by atoms with van der Waals surface area (Å²) in [5.74, 6) is 1.39. The van der Waals surface area contributed by atoms with Gasteiger partial charge in [0.2, 0.25) is 0 Å². The van der Waals surface area contributed by atoms with Gasteiger partial charge >= 0.3 is 5.97 Å². The Hall–Kier alpha value is -1.65. The standard InChI is InChI=1S/C25H37NO3.CH4/c1-25(2)19-15-22(25)21(12-8-3-4-9-13-24(28)29)23(16-19)26-17-20(27)14-18-10-6-5-7-11-18;/h3,5-8,10-11,19-23,26-27H,4,9,12-17H2,1-2H3,(H,28,29);1H4/b8-3-;/t19-,20?,21+,22+,23?;/m1./s1. The van der Waals surface area contributed by atoms with E-state index < -0.39 is 5.97 Å². The van der Waals surface area contributed by atoms with Crippen molar-refractivity contribution in [2.75, 3.05) is 6.54 Å². The molecule has 4 heteroatoms. The van der Waals surface area contributed by atoms with Crippen molar-refractivity contribution in [1.29, 1.82) is 0 Å². The van der Waals surface area contributed by atoms with Crippen LogP contribution in [0.4, 0.5) is 0 Å². The van der Waals surface area contributed by atoms with Crippen LogP contribution in [0.1, 0.15) is 65.4 Å². The first-order chi connectivity index (χ1) is 13.9. The highest BCUT2D eigenvalue weighted by Gasteiger charge is 2.56. The molecule has 0 heterocycles. The summed E-state index contributed by atoms with van der Waals surface area (Å²) in [7, 11) is 0. The Balaban J connectivity index is 0.00000320. The molecule has 5 atom stereocenters. The van der Waals surface area contributed by atoms with E-state index in [1.165, 1.54) is 18.4 Å². The molecule has 30 heavy (non-hydrogen) atoms. The molecular weight excluding hydrogens is 374 g/mol. The van der Waals surface area contributed by atoms with E-state index in [9.17, 15) is 9.90 Å². The van der Waals surface area contributed by atoms with Crippen LogP contribution in [0.2, 0.25) is 0 Å². The van der Waals surface area contributed by atoms with Gasteiger partial charge in [0.15, 0.2) is 0 Å². The third-order valence-electron chi connectivity index (χ3n) is 7.38. The van der Waals surface area contributed by atoms with Crippen LogP contribution in [-0.2, 0) is 11.2 Å². The molecule has 0 spiro atoms. The van der Waals surface area contributed by atoms with Crippen LogP contribution >= 0.6 is 0 Å². The Morgan fingerprint density at radius 3 is 2.63 bits per heavy atom. The second kappa shape index (κ2) is 11.1. The Bertz CT molecular complexity index is 685. The molecule has 2 bridgehead atoms. The fourth-order valence-corrected chi connectivity index (χ4v) is 5.50. The highest BCUT2D eigenvalue weighted by molar-refractivity contribution is 5.66. The Morgan fingerprint density at radius 2 is 1.97 bits per heavy atom. The summed E-state index contributed by atoms with van der Waals surface area (Å²) in [5, 5.41) is 22.9. The van der Waals surface area contributed by atoms with Crippen LogP contribution in [-0.4, -0.2) is 34.9 Å². The van der Waals surface area contributed by atoms with Gasteiger partial charge in [0.1, 0.15) is 0 Å². The summed E-state index contributed by atoms with van der Waals surface area (Å²) in [4.78, 5) is 10.6. The van der Waals surface area contributed by atoms with E-state index in [0.29, 0.717) is 36.8 Å². The number of carboxylic acid groups (broad SMARTS) is 1. The molecule has 168 valence electrons. The number of benzene rings is 1. The fourth-order valence-electron chi connectivity index (χ4n) is 5.50. The predicted molar refractivity (Wildman–Crippen MR) is 123 cm³/mol. The first-order valence-corrected chi connectivity index (χ1v) is 11.2. The zero-order valence-electron chi connectivity index (χ0n) is 17.9. The van der Waals surface area contributed by atoms with Crippen molar-refractivity contribution < 1.29 is 15.0 Å². The van der Waals surface area contributed by atoms with Crippen LogP contribution in [0.25, 0.3) is 0 Å². The third kappa shape index (κ3) is 6.18. The first-order valence-electron chi connectivity index (χ1n) is 11.2. The zero-order valence-corrected chi connectivity index (χ0v) is 17.9. The van der Waals surface area contributed by atoms with Gasteiger partial charge in [-0.1, -0.05) is 63.8 Å². The van der Waals surface area contributed by atoms with Gasteiger partial charge in [0.05, 0.1) is 6.10 Å². The quantitative estimate of drug-likeness (QED) is 0.349. The molecule has 1 aromatic carbocycles. The van der Waals surface area contributed by atoms with E-state index in [1.807, 2.05) is 18.2 Å². The zero-order chi connectivity index (χ0) is 20.9. The number of carbonyl (C=O) groups is 1. The Kier molecular flexibility index (Phi) is 9.11. The van der Waals surface area contributed by atoms with E-state index in [4.69, 9.17) is 5.11 Å². The summed E-state index contributed by atoms with van der Waals surface area (Å²) < 4.78 is 0. The fraction of sp³-hybridized carbons (Fsp3) is 0.654. The Morgan fingerprint density at radius 1 is 1.23 bits per heavy atom. The number of fused-ring (bicyclic) bond motifs is 2. The number of nitrogens with one attached hydrogen (secondary N) is 1. The van der Waals surface area contributed by atoms with Crippen molar-refractivity contribution in [3.05, 3.63) is 48.0 Å². The van der Waals surface area contributed by atoms with Crippen molar-refractivity contribution >= 4 is 5.97 Å². The average molecular weight is 416 g/mol. The van der Waals surface area contributed by atoms with Gasteiger partial charge in [-0.2, -0.15) is 0 Å². The van der Waals surface area contributed by atoms with Crippen molar-refractivity contribution in [2.24, 2.45) is 23.2 Å². The highest BCUT2D eigenvalue weighted by atomic mass is 16.4. The van der Waals surface area contributed by atoms with Gasteiger partial charge in [0.25, 0.3) is 0 Å². The second-order valence-corrected chi connectivity index (χ2v) is 9.61. The molecule has 3 N–H and O–H groups in total. The number of aliphatic hydroxyl groups excluding tert-OH is 1. The average Bonchev–Trinajstić information content (AvgIpc) is 2.69. The number of aliphatic hydroxyl groups is 1. The molecule has 3 aliphatic carbocycles. The number of carboxylic acids is 1. The molecule has 0 aliphatic heterocycles. The van der Waals surface area contributed by atoms with Gasteiger partial charge < -0.3 is 15.5 Å². The lowest BCUT2D eigenvalue weighted by Gasteiger charge is -2.63. The van der Waals surface area contributed by atoms with Crippen molar-refractivity contribution in [1.82, 2.24) is 5.32 Å². The van der Waals surface area contributed by atoms with E-state index in [1.54, 1.807) is 0 Å². The van der Waals surface area contributed by atoms with Crippen LogP contribution in [0.15, 0.2) is 42.5 Å². The molecular formula is C26H41NO3. The number of allylic oxidation sites excluding steroid dienone is 2. The van der Waals surface area contributed by atoms with Gasteiger partial charge in [-0.15, -0.1) is 0 Å². The van der Waals surface area contributed by atoms with E-state index in [-0.39, 0.29) is 20.0 Å². The topological polar surface area (TPSA) is 69.6 Å². The second-order valence-electron chi connectivity index (χ2n) is 9.61. The molecule has 1 aromatic rings. The van der Waals surface area contributed by atoms with Gasteiger partial charge in [-0.05, 0) is 67.3 Å². The molecule has 0 radical (unpaired) electrons. The maximum Gasteiger partial charge on any atom is 0.303 e. The van der Waals surface area contributed by atoms with Crippen molar-refractivity contribution in [3.63, 3.8) is 0 Å². The minimum atomic E-state index is -0.716. The van der Waals surface area contributed by atoms with Crippen LogP contribution < -0.4 is 5.32 Å². The minimum absolute atomic E-state index is 0. The molecule has 0 saturated heterocycles. The maximum atomic E-state index is 10.6. The monoisotopic (exact) mass is 415 g/mol. The third-order valence-corrected chi connectivity index (χ3v) is 7.38. The van der Waals surface area contributed by atoms with Crippen LogP contribution in [0, 0.1) is 23.2 Å². The highest BCUT2D eigenvalue weighted by Crippen LogP contribution is 2.62. The lowest BCUT2D eigenvalue weighted by atomic mass is 9.44. The lowest BCUT2D eigenvalue weighted by molar-refractivity contribution is -0.137. The maximum absolute atomic E-state index is 10.6. The molecule has 4 rings (SSSR count). The summed E-state index contributed by atoms with van der Waals surface area (Å²) in [6.07, 6.45) is 10.1. The van der Waals surface area contributed by atoms with Crippen LogP contribution in [0.3, 0.4) is 0 Å². The predicted octanol–water partition coefficient (Wildman–Crippen LogP) is 5.07. The molecule has 3 fully saturated rings. The molecule has 2 unspecified atom stereocenters. The summed E-state index contributed by atoms with van der Waals surface area (Å²) in [6.45, 7) is 5.46. The van der Waals surface area contributed by atoms with Crippen LogP contribution in [0.5, 0.6) is 0 Å². The molecule has 3 aliphatic rings. The minimum Gasteiger partial charge on any atom is -0.481 e. The van der Waals surface area contributed by atoms with E-state index in [0.717, 1.165) is 24.7 Å². The van der Waals surface area contributed by atoms with Crippen molar-refractivity contribution in [3.8, 4) is 0 Å². The van der Waals surface area contributed by atoms with Gasteiger partial charge in [0, 0.05) is 19.0 Å². The molecule has 3 saturated carbocycles. The summed E-state index contributed by atoms with van der Waals surface area (Å²) >= 11 is 0. The number of hydrogen-bond acceptors (Lipinski definition) is 3. The summed E-state index contributed by atoms with van der Waals surface area (Å²) in [6, 6.07) is 10.6. The lowest BCUT2D eigenvalue weighted by Crippen LogP contribution is -2.61. The van der Waals surface area contributed by atoms with Gasteiger partial charge in [-0.25, -0.2) is 0 Å². The Labute approximate surface area is 182 Å². The summed E-state index contributed by atoms with van der Waals surface area (Å²) in [5.41, 5.74) is 1.60. The van der Waals surface area contributed by atoms with E-state index in [2.05, 4.69) is 43.4 Å². The van der Waals surface area contributed by atoms with Crippen molar-refractivity contribution in [2.45, 2.75) is 78.4 Å². The molecule has 0 aromatic heterocycles.